The molecule has 0 bridgehead atoms. The average Bonchev–Trinajstić information content (AvgIpc) is 4.00. The van der Waals surface area contributed by atoms with Crippen molar-refractivity contribution in [3.63, 3.8) is 0 Å². The van der Waals surface area contributed by atoms with E-state index in [9.17, 15) is 10.0 Å². The van der Waals surface area contributed by atoms with Crippen molar-refractivity contribution in [2.24, 2.45) is 0 Å². The molecular formula is C50H36BBrO6. The molecule has 0 radical (unpaired) electrons. The van der Waals surface area contributed by atoms with Gasteiger partial charge in [0.25, 0.3) is 0 Å². The van der Waals surface area contributed by atoms with E-state index in [1.165, 1.54) is 11.1 Å². The summed E-state index contributed by atoms with van der Waals surface area (Å²) in [6.07, 6.45) is 0. The van der Waals surface area contributed by atoms with Crippen molar-refractivity contribution < 1.29 is 27.7 Å². The van der Waals surface area contributed by atoms with E-state index < -0.39 is 7.12 Å². The minimum absolute atomic E-state index is 0. The number of fused-ring (bicyclic) bond motifs is 14. The molecule has 0 saturated heterocycles. The normalized spacial score (nSPS) is 11.4. The Balaban J connectivity index is 0.000000146. The minimum Gasteiger partial charge on any atom is -0.456 e. The van der Waals surface area contributed by atoms with Crippen LogP contribution in [-0.4, -0.2) is 17.2 Å². The lowest BCUT2D eigenvalue weighted by molar-refractivity contribution is 0.426. The maximum atomic E-state index is 9.61. The molecule has 8 heteroatoms. The quantitative estimate of drug-likeness (QED) is 0.172. The van der Waals surface area contributed by atoms with Crippen molar-refractivity contribution in [3.05, 3.63) is 162 Å². The Morgan fingerprint density at radius 1 is 0.345 bits per heavy atom. The van der Waals surface area contributed by atoms with E-state index in [0.717, 1.165) is 97.8 Å². The van der Waals surface area contributed by atoms with Crippen LogP contribution in [0.3, 0.4) is 0 Å². The predicted octanol–water partition coefficient (Wildman–Crippen LogP) is 14.0. The summed E-state index contributed by atoms with van der Waals surface area (Å²) >= 11 is 3.58. The monoisotopic (exact) mass is 822 g/mol. The summed E-state index contributed by atoms with van der Waals surface area (Å²) in [4.78, 5) is 0. The Bertz CT molecular complexity index is 3470. The highest BCUT2D eigenvalue weighted by Gasteiger charge is 2.20. The lowest BCUT2D eigenvalue weighted by atomic mass is 9.80. The molecule has 0 fully saturated rings. The molecule has 2 N–H and O–H groups in total. The van der Waals surface area contributed by atoms with Crippen LogP contribution in [0, 0.1) is 0 Å². The summed E-state index contributed by atoms with van der Waals surface area (Å²) in [5.41, 5.74) is 11.6. The van der Waals surface area contributed by atoms with Crippen LogP contribution in [0.15, 0.2) is 180 Å². The molecule has 0 atom stereocenters. The number of halogens is 1. The average molecular weight is 824 g/mol. The second-order valence-corrected chi connectivity index (χ2v) is 14.9. The van der Waals surface area contributed by atoms with E-state index in [1.54, 1.807) is 18.2 Å². The summed E-state index contributed by atoms with van der Waals surface area (Å²) < 4.78 is 25.4. The molecule has 8 aromatic carbocycles. The molecular weight excluding hydrogens is 787 g/mol. The van der Waals surface area contributed by atoms with Gasteiger partial charge in [0, 0.05) is 47.6 Å². The molecule has 12 aromatic rings. The molecule has 0 amide bonds. The van der Waals surface area contributed by atoms with Gasteiger partial charge in [-0.2, -0.15) is 0 Å². The molecule has 282 valence electrons. The zero-order chi connectivity index (χ0) is 37.5. The lowest BCUT2D eigenvalue weighted by Crippen LogP contribution is -2.29. The highest BCUT2D eigenvalue weighted by atomic mass is 79.9. The fraction of sp³-hybridized carbons (Fsp3) is 0.0400. The first-order valence-electron chi connectivity index (χ1n) is 18.2. The molecule has 6 nitrogen and oxygen atoms in total. The van der Waals surface area contributed by atoms with Gasteiger partial charge in [-0.1, -0.05) is 116 Å². The van der Waals surface area contributed by atoms with Gasteiger partial charge in [0.15, 0.2) is 0 Å². The van der Waals surface area contributed by atoms with Crippen LogP contribution in [0.2, 0.25) is 0 Å². The Hall–Kier alpha value is -6.58. The van der Waals surface area contributed by atoms with Crippen LogP contribution < -0.4 is 5.46 Å². The Morgan fingerprint density at radius 3 is 1.10 bits per heavy atom. The second-order valence-electron chi connectivity index (χ2n) is 14.0. The molecule has 12 rings (SSSR count). The van der Waals surface area contributed by atoms with Crippen molar-refractivity contribution in [2.75, 3.05) is 0 Å². The molecule has 0 spiro atoms. The zero-order valence-corrected chi connectivity index (χ0v) is 31.1. The van der Waals surface area contributed by atoms with Gasteiger partial charge >= 0.3 is 7.12 Å². The van der Waals surface area contributed by atoms with E-state index in [2.05, 4.69) is 88.7 Å². The Morgan fingerprint density at radius 2 is 0.690 bits per heavy atom. The van der Waals surface area contributed by atoms with Crippen molar-refractivity contribution in [1.29, 1.82) is 0 Å². The van der Waals surface area contributed by atoms with Crippen molar-refractivity contribution >= 4 is 116 Å². The number of hydrogen-bond donors (Lipinski definition) is 2. The molecule has 0 aliphatic heterocycles. The fourth-order valence-corrected chi connectivity index (χ4v) is 8.40. The first kappa shape index (κ1) is 37.0. The van der Waals surface area contributed by atoms with Crippen molar-refractivity contribution in [1.82, 2.24) is 0 Å². The van der Waals surface area contributed by atoms with Gasteiger partial charge in [-0.15, -0.1) is 0 Å². The van der Waals surface area contributed by atoms with Crippen molar-refractivity contribution in [2.45, 2.75) is 14.9 Å². The SMILES string of the molecule is Brc1ccc2oc3ccc4oc5ccc(-c6ccccc6)cc5c4c3c2c1.C.C.OB(O)c1ccc2oc3ccc4oc5ccc(-c6ccccc6)cc5c4c3c2c1. The first-order valence-corrected chi connectivity index (χ1v) is 19.0. The van der Waals surface area contributed by atoms with Crippen LogP contribution in [-0.2, 0) is 0 Å². The summed E-state index contributed by atoms with van der Waals surface area (Å²) in [5, 5.41) is 27.4. The van der Waals surface area contributed by atoms with Gasteiger partial charge in [0.1, 0.15) is 44.7 Å². The fourth-order valence-electron chi connectivity index (χ4n) is 8.04. The van der Waals surface area contributed by atoms with Crippen molar-refractivity contribution in [3.8, 4) is 22.3 Å². The van der Waals surface area contributed by atoms with Crippen LogP contribution in [0.25, 0.3) is 110 Å². The summed E-state index contributed by atoms with van der Waals surface area (Å²) in [6.45, 7) is 0. The zero-order valence-electron chi connectivity index (χ0n) is 29.5. The van der Waals surface area contributed by atoms with E-state index in [4.69, 9.17) is 17.7 Å². The predicted molar refractivity (Wildman–Crippen MR) is 244 cm³/mol. The minimum atomic E-state index is -1.53. The summed E-state index contributed by atoms with van der Waals surface area (Å²) in [7, 11) is -1.53. The molecule has 0 aliphatic carbocycles. The lowest BCUT2D eigenvalue weighted by Gasteiger charge is -2.02. The Labute approximate surface area is 341 Å². The molecule has 4 heterocycles. The molecule has 0 unspecified atom stereocenters. The number of benzene rings is 8. The Kier molecular flexibility index (Phi) is 9.21. The van der Waals surface area contributed by atoms with Gasteiger partial charge in [0.2, 0.25) is 0 Å². The molecule has 58 heavy (non-hydrogen) atoms. The molecule has 0 aliphatic rings. The van der Waals surface area contributed by atoms with E-state index >= 15 is 0 Å². The van der Waals surface area contributed by atoms with E-state index in [0.29, 0.717) is 11.0 Å². The highest BCUT2D eigenvalue weighted by Crippen LogP contribution is 2.43. The second kappa shape index (κ2) is 14.4. The smallest absolute Gasteiger partial charge is 0.456 e. The number of hydrogen-bond acceptors (Lipinski definition) is 6. The third-order valence-electron chi connectivity index (χ3n) is 10.6. The standard InChI is InChI=1S/C24H15BO4.C24H13BrO2.2CH4/c26-25(27)16-7-9-20-18(13-16)24-22(29-20)11-10-21-23(24)17-12-15(6-8-19(17)28-21)14-4-2-1-3-5-14;25-16-7-9-20-18(13-16)24-22(27-20)11-10-21-23(24)17-12-15(6-8-19(17)26-21)14-4-2-1-3-5-14;;/h1-13,26-27H;1-13H;2*1H4. The molecule has 0 saturated carbocycles. The van der Waals surface area contributed by atoms with Crippen LogP contribution in [0.1, 0.15) is 14.9 Å². The van der Waals surface area contributed by atoms with Gasteiger partial charge in [0.05, 0.1) is 0 Å². The maximum Gasteiger partial charge on any atom is 0.488 e. The van der Waals surface area contributed by atoms with E-state index in [1.807, 2.05) is 66.7 Å². The van der Waals surface area contributed by atoms with Crippen LogP contribution in [0.5, 0.6) is 0 Å². The first-order chi connectivity index (χ1) is 27.5. The van der Waals surface area contributed by atoms with Crippen LogP contribution >= 0.6 is 15.9 Å². The largest absolute Gasteiger partial charge is 0.488 e. The summed E-state index contributed by atoms with van der Waals surface area (Å²) in [6, 6.07) is 52.3. The third-order valence-corrected chi connectivity index (χ3v) is 11.1. The third kappa shape index (κ3) is 5.96. The van der Waals surface area contributed by atoms with Gasteiger partial charge in [-0.05, 0) is 101 Å². The van der Waals surface area contributed by atoms with Crippen LogP contribution in [0.4, 0.5) is 0 Å². The van der Waals surface area contributed by atoms with Gasteiger partial charge < -0.3 is 27.7 Å². The van der Waals surface area contributed by atoms with Gasteiger partial charge in [-0.3, -0.25) is 0 Å². The number of furan rings is 4. The van der Waals surface area contributed by atoms with E-state index in [-0.39, 0.29) is 14.9 Å². The molecule has 4 aromatic heterocycles. The maximum absolute atomic E-state index is 9.61. The van der Waals surface area contributed by atoms with Gasteiger partial charge in [-0.25, -0.2) is 0 Å². The summed E-state index contributed by atoms with van der Waals surface area (Å²) in [5.74, 6) is 0. The highest BCUT2D eigenvalue weighted by molar-refractivity contribution is 9.10. The topological polar surface area (TPSA) is 93.0 Å². The number of rotatable bonds is 3.